The predicted molar refractivity (Wildman–Crippen MR) is 68.4 cm³/mol. The molecule has 0 atom stereocenters. The Kier molecular flexibility index (Phi) is 2.41. The van der Waals surface area contributed by atoms with Gasteiger partial charge in [-0.15, -0.1) is 0 Å². The first-order valence-electron chi connectivity index (χ1n) is 5.67. The maximum Gasteiger partial charge on any atom is 0.342 e. The fourth-order valence-corrected chi connectivity index (χ4v) is 2.60. The van der Waals surface area contributed by atoms with Crippen molar-refractivity contribution in [1.82, 2.24) is 4.57 Å². The Morgan fingerprint density at radius 1 is 1.33 bits per heavy atom. The lowest BCUT2D eigenvalue weighted by atomic mass is 10.1. The highest BCUT2D eigenvalue weighted by molar-refractivity contribution is 6.33. The predicted octanol–water partition coefficient (Wildman–Crippen LogP) is 2.69. The quantitative estimate of drug-likeness (QED) is 0.848. The topological polar surface area (TPSA) is 59.3 Å². The largest absolute Gasteiger partial charge is 0.477 e. The fourth-order valence-electron chi connectivity index (χ4n) is 2.21. The average molecular weight is 264 g/mol. The molecule has 3 rings (SSSR count). The molecule has 1 aliphatic carbocycles. The van der Waals surface area contributed by atoms with Crippen LogP contribution < -0.4 is 5.43 Å². The molecule has 1 aromatic heterocycles. The van der Waals surface area contributed by atoms with E-state index in [1.165, 1.54) is 0 Å². The molecule has 5 heteroatoms. The maximum absolute atomic E-state index is 12.1. The number of rotatable bonds is 2. The molecule has 1 heterocycles. The summed E-state index contributed by atoms with van der Waals surface area (Å²) >= 11 is 6.11. The summed E-state index contributed by atoms with van der Waals surface area (Å²) < 4.78 is 1.77. The van der Waals surface area contributed by atoms with Gasteiger partial charge in [0, 0.05) is 11.4 Å². The third kappa shape index (κ3) is 1.53. The van der Waals surface area contributed by atoms with E-state index >= 15 is 0 Å². The number of para-hydroxylation sites is 1. The minimum atomic E-state index is -1.27. The minimum absolute atomic E-state index is 0.0358. The number of carboxylic acids is 1. The Balaban J connectivity index is 2.51. The highest BCUT2D eigenvalue weighted by Crippen LogP contribution is 2.39. The maximum atomic E-state index is 12.1. The van der Waals surface area contributed by atoms with Gasteiger partial charge in [0.1, 0.15) is 10.7 Å². The SMILES string of the molecule is O=C(O)c1c(Cl)n(C2CC2)c2ccccc2c1=O. The third-order valence-electron chi connectivity index (χ3n) is 3.18. The molecule has 0 saturated heterocycles. The summed E-state index contributed by atoms with van der Waals surface area (Å²) in [5.74, 6) is -1.27. The zero-order chi connectivity index (χ0) is 12.9. The van der Waals surface area contributed by atoms with Crippen molar-refractivity contribution in [3.05, 3.63) is 45.2 Å². The number of halogens is 1. The van der Waals surface area contributed by atoms with Crippen molar-refractivity contribution in [2.24, 2.45) is 0 Å². The van der Waals surface area contributed by atoms with Gasteiger partial charge in [-0.05, 0) is 25.0 Å². The standard InChI is InChI=1S/C13H10ClNO3/c14-12-10(13(17)18)11(16)8-3-1-2-4-9(8)15(12)7-5-6-7/h1-4,7H,5-6H2,(H,17,18). The van der Waals surface area contributed by atoms with Crippen LogP contribution in [0, 0.1) is 0 Å². The van der Waals surface area contributed by atoms with Gasteiger partial charge in [-0.2, -0.15) is 0 Å². The number of carbonyl (C=O) groups is 1. The molecule has 0 unspecified atom stereocenters. The number of fused-ring (bicyclic) bond motifs is 1. The van der Waals surface area contributed by atoms with Crippen molar-refractivity contribution >= 4 is 28.5 Å². The van der Waals surface area contributed by atoms with Crippen molar-refractivity contribution < 1.29 is 9.90 Å². The third-order valence-corrected chi connectivity index (χ3v) is 3.55. The van der Waals surface area contributed by atoms with Crippen LogP contribution in [0.25, 0.3) is 10.9 Å². The van der Waals surface area contributed by atoms with Crippen LogP contribution >= 0.6 is 11.6 Å². The summed E-state index contributed by atoms with van der Waals surface area (Å²) in [6.07, 6.45) is 1.93. The summed E-state index contributed by atoms with van der Waals surface area (Å²) in [6, 6.07) is 7.19. The van der Waals surface area contributed by atoms with Gasteiger partial charge < -0.3 is 9.67 Å². The van der Waals surface area contributed by atoms with E-state index in [1.54, 1.807) is 22.8 Å². The molecule has 0 aliphatic heterocycles. The number of pyridine rings is 1. The second-order valence-electron chi connectivity index (χ2n) is 4.42. The van der Waals surface area contributed by atoms with Crippen LogP contribution in [-0.4, -0.2) is 15.6 Å². The fraction of sp³-hybridized carbons (Fsp3) is 0.231. The lowest BCUT2D eigenvalue weighted by Crippen LogP contribution is -2.20. The zero-order valence-corrected chi connectivity index (χ0v) is 10.1. The smallest absolute Gasteiger partial charge is 0.342 e. The molecule has 2 aromatic rings. The molecule has 1 fully saturated rings. The summed E-state index contributed by atoms with van der Waals surface area (Å²) in [7, 11) is 0. The van der Waals surface area contributed by atoms with Crippen LogP contribution in [-0.2, 0) is 0 Å². The molecule has 1 aromatic carbocycles. The van der Waals surface area contributed by atoms with Gasteiger partial charge in [-0.25, -0.2) is 4.79 Å². The number of hydrogen-bond acceptors (Lipinski definition) is 2. The Hall–Kier alpha value is -1.81. The number of benzene rings is 1. The lowest BCUT2D eigenvalue weighted by Gasteiger charge is -2.14. The number of carboxylic acid groups (broad SMARTS) is 1. The molecule has 1 N–H and O–H groups in total. The molecule has 0 amide bonds. The molecule has 18 heavy (non-hydrogen) atoms. The lowest BCUT2D eigenvalue weighted by molar-refractivity contribution is 0.0695. The van der Waals surface area contributed by atoms with E-state index in [-0.39, 0.29) is 16.8 Å². The first kappa shape index (κ1) is 11.3. The Morgan fingerprint density at radius 2 is 2.00 bits per heavy atom. The van der Waals surface area contributed by atoms with Gasteiger partial charge in [-0.3, -0.25) is 4.79 Å². The van der Waals surface area contributed by atoms with E-state index in [0.717, 1.165) is 12.8 Å². The number of nitrogens with zero attached hydrogens (tertiary/aromatic N) is 1. The van der Waals surface area contributed by atoms with Crippen molar-refractivity contribution in [2.75, 3.05) is 0 Å². The Morgan fingerprint density at radius 3 is 2.61 bits per heavy atom. The van der Waals surface area contributed by atoms with Gasteiger partial charge in [0.15, 0.2) is 0 Å². The van der Waals surface area contributed by atoms with E-state index in [1.807, 2.05) is 6.07 Å². The van der Waals surface area contributed by atoms with Gasteiger partial charge in [-0.1, -0.05) is 23.7 Å². The molecular weight excluding hydrogens is 254 g/mol. The molecule has 1 aliphatic rings. The van der Waals surface area contributed by atoms with E-state index in [0.29, 0.717) is 10.9 Å². The van der Waals surface area contributed by atoms with E-state index < -0.39 is 11.4 Å². The number of aromatic nitrogens is 1. The van der Waals surface area contributed by atoms with Crippen molar-refractivity contribution in [3.8, 4) is 0 Å². The second kappa shape index (κ2) is 3.85. The summed E-state index contributed by atoms with van der Waals surface area (Å²) in [4.78, 5) is 23.3. The van der Waals surface area contributed by atoms with E-state index in [9.17, 15) is 9.59 Å². The van der Waals surface area contributed by atoms with Crippen LogP contribution in [0.5, 0.6) is 0 Å². The molecule has 92 valence electrons. The molecule has 4 nitrogen and oxygen atoms in total. The first-order valence-corrected chi connectivity index (χ1v) is 6.05. The van der Waals surface area contributed by atoms with Gasteiger partial charge in [0.25, 0.3) is 0 Å². The van der Waals surface area contributed by atoms with Crippen molar-refractivity contribution in [3.63, 3.8) is 0 Å². The Labute approximate surface area is 107 Å². The highest BCUT2D eigenvalue weighted by atomic mass is 35.5. The van der Waals surface area contributed by atoms with Gasteiger partial charge >= 0.3 is 5.97 Å². The second-order valence-corrected chi connectivity index (χ2v) is 4.78. The van der Waals surface area contributed by atoms with E-state index in [2.05, 4.69) is 0 Å². The number of aromatic carboxylic acids is 1. The first-order chi connectivity index (χ1) is 8.61. The van der Waals surface area contributed by atoms with Crippen molar-refractivity contribution in [1.29, 1.82) is 0 Å². The minimum Gasteiger partial charge on any atom is -0.477 e. The molecular formula is C13H10ClNO3. The summed E-state index contributed by atoms with van der Waals surface area (Å²) in [5.41, 5.74) is -0.137. The average Bonchev–Trinajstić information content (AvgIpc) is 3.13. The van der Waals surface area contributed by atoms with E-state index in [4.69, 9.17) is 16.7 Å². The van der Waals surface area contributed by atoms with Gasteiger partial charge in [0.2, 0.25) is 5.43 Å². The van der Waals surface area contributed by atoms with Crippen LogP contribution in [0.15, 0.2) is 29.1 Å². The van der Waals surface area contributed by atoms with Crippen LogP contribution in [0.3, 0.4) is 0 Å². The van der Waals surface area contributed by atoms with Crippen molar-refractivity contribution in [2.45, 2.75) is 18.9 Å². The molecule has 1 saturated carbocycles. The zero-order valence-electron chi connectivity index (χ0n) is 9.39. The highest BCUT2D eigenvalue weighted by Gasteiger charge is 2.30. The summed E-state index contributed by atoms with van der Waals surface area (Å²) in [6.45, 7) is 0. The normalized spacial score (nSPS) is 14.9. The molecule has 0 spiro atoms. The Bertz CT molecular complexity index is 716. The van der Waals surface area contributed by atoms with Crippen LogP contribution in [0.4, 0.5) is 0 Å². The number of hydrogen-bond donors (Lipinski definition) is 1. The van der Waals surface area contributed by atoms with Crippen LogP contribution in [0.1, 0.15) is 29.2 Å². The molecule has 0 radical (unpaired) electrons. The molecule has 0 bridgehead atoms. The van der Waals surface area contributed by atoms with Crippen LogP contribution in [0.2, 0.25) is 5.15 Å². The van der Waals surface area contributed by atoms with Gasteiger partial charge in [0.05, 0.1) is 5.52 Å². The summed E-state index contributed by atoms with van der Waals surface area (Å²) in [5, 5.41) is 9.58. The monoisotopic (exact) mass is 263 g/mol.